The second-order valence-electron chi connectivity index (χ2n) is 9.03. The van der Waals surface area contributed by atoms with Crippen molar-refractivity contribution in [2.75, 3.05) is 44.8 Å². The maximum Gasteiger partial charge on any atom is 0.231 e. The van der Waals surface area contributed by atoms with Crippen LogP contribution in [0.3, 0.4) is 0 Å². The third kappa shape index (κ3) is 7.34. The minimum atomic E-state index is -0.328. The van der Waals surface area contributed by atoms with E-state index in [1.165, 1.54) is 29.8 Å². The number of ether oxygens (including phenoxy) is 2. The topological polar surface area (TPSA) is 66.9 Å². The van der Waals surface area contributed by atoms with Crippen molar-refractivity contribution in [1.82, 2.24) is 15.2 Å². The van der Waals surface area contributed by atoms with Gasteiger partial charge in [-0.15, -0.1) is 0 Å². The smallest absolute Gasteiger partial charge is 0.231 e. The van der Waals surface area contributed by atoms with Crippen LogP contribution >= 0.6 is 0 Å². The summed E-state index contributed by atoms with van der Waals surface area (Å²) in [7, 11) is 1.63. The molecule has 0 radical (unpaired) electrons. The molecule has 0 aliphatic carbocycles. The van der Waals surface area contributed by atoms with E-state index in [-0.39, 0.29) is 18.1 Å². The maximum atomic E-state index is 13.2. The molecule has 2 heterocycles. The lowest BCUT2D eigenvalue weighted by molar-refractivity contribution is -0.118. The number of nitrogens with one attached hydrogen (secondary N) is 1. The van der Waals surface area contributed by atoms with Crippen LogP contribution in [0, 0.1) is 5.82 Å². The zero-order valence-electron chi connectivity index (χ0n) is 20.8. The van der Waals surface area contributed by atoms with E-state index in [9.17, 15) is 9.18 Å². The molecule has 1 aliphatic heterocycles. The maximum absolute atomic E-state index is 13.2. The Labute approximate surface area is 211 Å². The van der Waals surface area contributed by atoms with Crippen LogP contribution in [0.4, 0.5) is 10.1 Å². The molecule has 1 aromatic heterocycles. The van der Waals surface area contributed by atoms with Crippen molar-refractivity contribution in [3.63, 3.8) is 0 Å². The molecule has 1 atom stereocenters. The van der Waals surface area contributed by atoms with E-state index in [2.05, 4.69) is 34.3 Å². The van der Waals surface area contributed by atoms with Gasteiger partial charge in [0.25, 0.3) is 0 Å². The van der Waals surface area contributed by atoms with E-state index in [1.54, 1.807) is 24.3 Å². The number of nitrogens with zero attached hydrogens (tertiary/aromatic N) is 3. The molecule has 0 saturated carbocycles. The summed E-state index contributed by atoms with van der Waals surface area (Å²) in [5.41, 5.74) is 2.85. The van der Waals surface area contributed by atoms with Gasteiger partial charge in [0.05, 0.1) is 13.0 Å². The number of piperazine rings is 1. The van der Waals surface area contributed by atoms with Crippen LogP contribution in [-0.4, -0.2) is 61.7 Å². The van der Waals surface area contributed by atoms with Crippen molar-refractivity contribution in [2.24, 2.45) is 0 Å². The molecule has 1 N–H and O–H groups in total. The van der Waals surface area contributed by atoms with E-state index in [4.69, 9.17) is 9.47 Å². The van der Waals surface area contributed by atoms with Crippen LogP contribution < -0.4 is 15.0 Å². The zero-order chi connectivity index (χ0) is 25.3. The molecule has 0 bridgehead atoms. The molecule has 36 heavy (non-hydrogen) atoms. The highest BCUT2D eigenvalue weighted by molar-refractivity contribution is 5.94. The second-order valence-corrected chi connectivity index (χ2v) is 9.03. The third-order valence-corrected chi connectivity index (χ3v) is 6.12. The molecule has 1 saturated heterocycles. The first-order valence-electron chi connectivity index (χ1n) is 12.2. The Morgan fingerprint density at radius 3 is 2.53 bits per heavy atom. The lowest BCUT2D eigenvalue weighted by Gasteiger charge is -2.32. The highest BCUT2D eigenvalue weighted by Crippen LogP contribution is 2.21. The van der Waals surface area contributed by atoms with Gasteiger partial charge in [0, 0.05) is 63.8 Å². The van der Waals surface area contributed by atoms with Crippen molar-refractivity contribution < 1.29 is 18.7 Å². The molecule has 1 aliphatic rings. The van der Waals surface area contributed by atoms with Gasteiger partial charge in [-0.3, -0.25) is 9.69 Å². The minimum absolute atomic E-state index is 0.0373. The molecule has 1 fully saturated rings. The van der Waals surface area contributed by atoms with Crippen molar-refractivity contribution in [3.8, 4) is 11.6 Å². The molecule has 1 amide bonds. The first-order chi connectivity index (χ1) is 17.5. The Morgan fingerprint density at radius 1 is 1.11 bits per heavy atom. The molecule has 0 spiro atoms. The highest BCUT2D eigenvalue weighted by atomic mass is 19.1. The number of hydrogen-bond acceptors (Lipinski definition) is 6. The number of rotatable bonds is 10. The average molecular weight is 493 g/mol. The number of carbonyl (C=O) groups excluding carboxylic acids is 1. The molecule has 8 heteroatoms. The van der Waals surface area contributed by atoms with Crippen LogP contribution in [0.5, 0.6) is 11.6 Å². The van der Waals surface area contributed by atoms with Crippen molar-refractivity contribution in [3.05, 3.63) is 83.8 Å². The number of pyridine rings is 1. The van der Waals surface area contributed by atoms with Crippen LogP contribution in [0.1, 0.15) is 18.1 Å². The summed E-state index contributed by atoms with van der Waals surface area (Å²) in [6, 6.07) is 18.0. The third-order valence-electron chi connectivity index (χ3n) is 6.12. The Balaban J connectivity index is 1.38. The summed E-state index contributed by atoms with van der Waals surface area (Å²) in [5, 5.41) is 3.47. The monoisotopic (exact) mass is 492 g/mol. The number of benzene rings is 2. The highest BCUT2D eigenvalue weighted by Gasteiger charge is 2.18. The fourth-order valence-electron chi connectivity index (χ4n) is 4.24. The Kier molecular flexibility index (Phi) is 9.00. The number of anilines is 1. The Morgan fingerprint density at radius 2 is 1.86 bits per heavy atom. The summed E-state index contributed by atoms with van der Waals surface area (Å²) in [6.45, 7) is 7.07. The van der Waals surface area contributed by atoms with Crippen LogP contribution in [0.25, 0.3) is 0 Å². The Bertz CT molecular complexity index is 1110. The summed E-state index contributed by atoms with van der Waals surface area (Å²) in [5.74, 6) is 0.507. The SMILES string of the molecule is COCCN(C(=O)Cc1ccc(Oc2ccc(F)cc2)nc1)c1ccc(CN2CCN[C@@H](C)C2)cc1. The number of methoxy groups -OCH3 is 1. The lowest BCUT2D eigenvalue weighted by Crippen LogP contribution is -2.48. The van der Waals surface area contributed by atoms with Crippen molar-refractivity contribution in [2.45, 2.75) is 25.9 Å². The normalized spacial score (nSPS) is 16.0. The summed E-state index contributed by atoms with van der Waals surface area (Å²) < 4.78 is 24.0. The predicted octanol–water partition coefficient (Wildman–Crippen LogP) is 4.03. The van der Waals surface area contributed by atoms with Crippen LogP contribution in [0.15, 0.2) is 66.9 Å². The van der Waals surface area contributed by atoms with E-state index >= 15 is 0 Å². The van der Waals surface area contributed by atoms with Crippen molar-refractivity contribution in [1.29, 1.82) is 0 Å². The predicted molar refractivity (Wildman–Crippen MR) is 138 cm³/mol. The minimum Gasteiger partial charge on any atom is -0.439 e. The van der Waals surface area contributed by atoms with Gasteiger partial charge in [-0.2, -0.15) is 0 Å². The number of hydrogen-bond donors (Lipinski definition) is 1. The quantitative estimate of drug-likeness (QED) is 0.461. The lowest BCUT2D eigenvalue weighted by atomic mass is 10.1. The van der Waals surface area contributed by atoms with Gasteiger partial charge in [0.1, 0.15) is 11.6 Å². The first kappa shape index (κ1) is 25.8. The van der Waals surface area contributed by atoms with Gasteiger partial charge in [-0.05, 0) is 54.4 Å². The summed E-state index contributed by atoms with van der Waals surface area (Å²) in [6.07, 6.45) is 1.83. The van der Waals surface area contributed by atoms with Crippen molar-refractivity contribution >= 4 is 11.6 Å². The van der Waals surface area contributed by atoms with Gasteiger partial charge < -0.3 is 19.7 Å². The number of aromatic nitrogens is 1. The molecule has 0 unspecified atom stereocenters. The molecule has 7 nitrogen and oxygen atoms in total. The van der Waals surface area contributed by atoms with Gasteiger partial charge in [0.15, 0.2) is 0 Å². The van der Waals surface area contributed by atoms with E-state index in [1.807, 2.05) is 18.2 Å². The second kappa shape index (κ2) is 12.6. The van der Waals surface area contributed by atoms with E-state index in [0.29, 0.717) is 30.8 Å². The summed E-state index contributed by atoms with van der Waals surface area (Å²) >= 11 is 0. The largest absolute Gasteiger partial charge is 0.439 e. The van der Waals surface area contributed by atoms with Gasteiger partial charge in [-0.1, -0.05) is 18.2 Å². The molecule has 4 rings (SSSR count). The summed E-state index contributed by atoms with van der Waals surface area (Å²) in [4.78, 5) is 21.7. The Hall–Kier alpha value is -3.33. The van der Waals surface area contributed by atoms with E-state index < -0.39 is 0 Å². The number of halogens is 1. The molecule has 190 valence electrons. The fourth-order valence-corrected chi connectivity index (χ4v) is 4.24. The standard InChI is InChI=1S/C28H33FN4O3/c1-21-19-32(14-13-30-21)20-22-3-8-25(9-4-22)33(15-16-35-2)28(34)17-23-5-12-27(31-18-23)36-26-10-6-24(29)7-11-26/h3-12,18,21,30H,13-17,19-20H2,1-2H3/t21-/m0/s1. The molecular weight excluding hydrogens is 459 g/mol. The average Bonchev–Trinajstić information content (AvgIpc) is 2.88. The molecule has 3 aromatic rings. The fraction of sp³-hybridized carbons (Fsp3) is 0.357. The molecule has 2 aromatic carbocycles. The number of carbonyl (C=O) groups is 1. The first-order valence-corrected chi connectivity index (χ1v) is 12.2. The number of amides is 1. The van der Waals surface area contributed by atoms with Crippen LogP contribution in [-0.2, 0) is 22.5 Å². The zero-order valence-corrected chi connectivity index (χ0v) is 20.8. The van der Waals surface area contributed by atoms with Gasteiger partial charge in [0.2, 0.25) is 11.8 Å². The van der Waals surface area contributed by atoms with E-state index in [0.717, 1.165) is 37.4 Å². The van der Waals surface area contributed by atoms with Gasteiger partial charge >= 0.3 is 0 Å². The van der Waals surface area contributed by atoms with Crippen LogP contribution in [0.2, 0.25) is 0 Å². The molecular formula is C28H33FN4O3. The van der Waals surface area contributed by atoms with Gasteiger partial charge in [-0.25, -0.2) is 9.37 Å².